The molecule has 0 spiro atoms. The van der Waals surface area contributed by atoms with Crippen molar-refractivity contribution in [3.63, 3.8) is 0 Å². The van der Waals surface area contributed by atoms with Crippen LogP contribution in [0.2, 0.25) is 0 Å². The van der Waals surface area contributed by atoms with Crippen LogP contribution in [0.3, 0.4) is 0 Å². The van der Waals surface area contributed by atoms with Gasteiger partial charge in [-0.2, -0.15) is 10.6 Å². The molecule has 1 heterocycles. The average molecular weight is 316 g/mol. The fourth-order valence-corrected chi connectivity index (χ4v) is 1.91. The Morgan fingerprint density at radius 1 is 1.30 bits per heavy atom. The standard InChI is InChI=1S/C15H16N4O4/c1-9(16)8-14(21)23-19-15(22)11-4-2-10(3-5-11)12-6-7-13(20)18-17-12/h2-5,16H,6-8H2,1H3,(H,18,20)(H,19,22). The molecular weight excluding hydrogens is 300 g/mol. The molecule has 0 saturated heterocycles. The second-order valence-corrected chi connectivity index (χ2v) is 5.03. The molecule has 3 N–H and O–H groups in total. The zero-order valence-corrected chi connectivity index (χ0v) is 12.5. The lowest BCUT2D eigenvalue weighted by Crippen LogP contribution is -2.28. The summed E-state index contributed by atoms with van der Waals surface area (Å²) in [7, 11) is 0. The average Bonchev–Trinajstić information content (AvgIpc) is 2.53. The smallest absolute Gasteiger partial charge is 0.337 e. The van der Waals surface area contributed by atoms with E-state index >= 15 is 0 Å². The predicted octanol–water partition coefficient (Wildman–Crippen LogP) is 0.918. The molecule has 1 aliphatic rings. The summed E-state index contributed by atoms with van der Waals surface area (Å²) in [6.07, 6.45) is 0.742. The summed E-state index contributed by atoms with van der Waals surface area (Å²) in [6, 6.07) is 6.54. The highest BCUT2D eigenvalue weighted by atomic mass is 16.7. The summed E-state index contributed by atoms with van der Waals surface area (Å²) in [6.45, 7) is 1.47. The normalized spacial score (nSPS) is 13.6. The monoisotopic (exact) mass is 316 g/mol. The predicted molar refractivity (Wildman–Crippen MR) is 81.9 cm³/mol. The molecule has 0 atom stereocenters. The topological polar surface area (TPSA) is 121 Å². The Bertz CT molecular complexity index is 679. The highest BCUT2D eigenvalue weighted by Crippen LogP contribution is 2.11. The van der Waals surface area contributed by atoms with Crippen LogP contribution >= 0.6 is 0 Å². The van der Waals surface area contributed by atoms with Crippen molar-refractivity contribution in [2.24, 2.45) is 5.10 Å². The molecule has 0 saturated carbocycles. The number of hydrazone groups is 1. The van der Waals surface area contributed by atoms with Gasteiger partial charge in [-0.1, -0.05) is 12.1 Å². The third-order valence-corrected chi connectivity index (χ3v) is 3.05. The summed E-state index contributed by atoms with van der Waals surface area (Å²) in [5.74, 6) is -1.38. The summed E-state index contributed by atoms with van der Waals surface area (Å²) in [4.78, 5) is 38.7. The molecule has 2 rings (SSSR count). The van der Waals surface area contributed by atoms with E-state index < -0.39 is 11.9 Å². The maximum Gasteiger partial charge on any atom is 0.337 e. The quantitative estimate of drug-likeness (QED) is 0.565. The number of nitrogens with zero attached hydrogens (tertiary/aromatic N) is 1. The molecule has 0 aliphatic carbocycles. The van der Waals surface area contributed by atoms with Crippen LogP contribution in [0.25, 0.3) is 0 Å². The Kier molecular flexibility index (Phi) is 5.19. The first-order valence-electron chi connectivity index (χ1n) is 6.95. The molecule has 1 aliphatic heterocycles. The number of amides is 2. The van der Waals surface area contributed by atoms with E-state index in [1.54, 1.807) is 24.3 Å². The fraction of sp³-hybridized carbons (Fsp3) is 0.267. The Morgan fingerprint density at radius 3 is 2.57 bits per heavy atom. The molecule has 1 aromatic rings. The number of rotatable bonds is 4. The van der Waals surface area contributed by atoms with E-state index in [1.165, 1.54) is 6.92 Å². The van der Waals surface area contributed by atoms with Gasteiger partial charge in [-0.3, -0.25) is 9.59 Å². The van der Waals surface area contributed by atoms with Gasteiger partial charge in [-0.25, -0.2) is 10.2 Å². The van der Waals surface area contributed by atoms with Crippen molar-refractivity contribution in [3.8, 4) is 0 Å². The van der Waals surface area contributed by atoms with Crippen LogP contribution in [0.4, 0.5) is 0 Å². The van der Waals surface area contributed by atoms with E-state index in [-0.39, 0.29) is 18.0 Å². The van der Waals surface area contributed by atoms with Crippen LogP contribution in [0, 0.1) is 5.41 Å². The number of benzene rings is 1. The van der Waals surface area contributed by atoms with Crippen LogP contribution in [0.1, 0.15) is 42.1 Å². The lowest BCUT2D eigenvalue weighted by atomic mass is 10.0. The molecule has 0 fully saturated rings. The summed E-state index contributed by atoms with van der Waals surface area (Å²) in [5, 5.41) is 11.1. The van der Waals surface area contributed by atoms with Crippen molar-refractivity contribution >= 4 is 29.2 Å². The van der Waals surface area contributed by atoms with Gasteiger partial charge in [0.25, 0.3) is 5.91 Å². The second-order valence-electron chi connectivity index (χ2n) is 5.03. The molecule has 0 radical (unpaired) electrons. The van der Waals surface area contributed by atoms with E-state index in [9.17, 15) is 14.4 Å². The van der Waals surface area contributed by atoms with Crippen LogP contribution in [0.15, 0.2) is 29.4 Å². The van der Waals surface area contributed by atoms with Crippen molar-refractivity contribution in [3.05, 3.63) is 35.4 Å². The van der Waals surface area contributed by atoms with E-state index in [0.29, 0.717) is 18.4 Å². The number of nitrogens with one attached hydrogen (secondary N) is 3. The van der Waals surface area contributed by atoms with Gasteiger partial charge in [-0.05, 0) is 24.6 Å². The zero-order chi connectivity index (χ0) is 16.8. The van der Waals surface area contributed by atoms with Gasteiger partial charge < -0.3 is 10.2 Å². The zero-order valence-electron chi connectivity index (χ0n) is 12.5. The fourth-order valence-electron chi connectivity index (χ4n) is 1.91. The maximum atomic E-state index is 11.8. The van der Waals surface area contributed by atoms with Gasteiger partial charge >= 0.3 is 5.97 Å². The van der Waals surface area contributed by atoms with Crippen molar-refractivity contribution in [2.45, 2.75) is 26.2 Å². The van der Waals surface area contributed by atoms with Crippen LogP contribution < -0.4 is 10.9 Å². The molecule has 0 aromatic heterocycles. The number of hydroxylamine groups is 1. The van der Waals surface area contributed by atoms with Crippen LogP contribution in [0.5, 0.6) is 0 Å². The molecule has 8 heteroatoms. The Morgan fingerprint density at radius 2 is 2.00 bits per heavy atom. The van der Waals surface area contributed by atoms with Gasteiger partial charge in [0.1, 0.15) is 0 Å². The first-order chi connectivity index (χ1) is 11.0. The van der Waals surface area contributed by atoms with E-state index in [1.807, 2.05) is 5.48 Å². The van der Waals surface area contributed by atoms with Crippen molar-refractivity contribution < 1.29 is 19.2 Å². The number of carbonyl (C=O) groups is 3. The first-order valence-corrected chi connectivity index (χ1v) is 6.95. The largest absolute Gasteiger partial charge is 0.340 e. The Balaban J connectivity index is 1.94. The van der Waals surface area contributed by atoms with Gasteiger partial charge in [0.2, 0.25) is 5.91 Å². The van der Waals surface area contributed by atoms with Crippen LogP contribution in [-0.2, 0) is 14.4 Å². The lowest BCUT2D eigenvalue weighted by Gasteiger charge is -2.12. The molecule has 8 nitrogen and oxygen atoms in total. The molecule has 2 amide bonds. The van der Waals surface area contributed by atoms with Gasteiger partial charge in [0.15, 0.2) is 0 Å². The number of carbonyl (C=O) groups excluding carboxylic acids is 3. The van der Waals surface area contributed by atoms with E-state index in [4.69, 9.17) is 5.41 Å². The highest BCUT2D eigenvalue weighted by molar-refractivity contribution is 6.05. The molecule has 23 heavy (non-hydrogen) atoms. The van der Waals surface area contributed by atoms with Crippen molar-refractivity contribution in [1.82, 2.24) is 10.9 Å². The second kappa shape index (κ2) is 7.30. The minimum absolute atomic E-state index is 0.119. The third-order valence-electron chi connectivity index (χ3n) is 3.05. The highest BCUT2D eigenvalue weighted by Gasteiger charge is 2.14. The SMILES string of the molecule is CC(=N)CC(=O)ONC(=O)c1ccc(C2=NNC(=O)CC2)cc1. The number of hydrogen-bond donors (Lipinski definition) is 3. The van der Waals surface area contributed by atoms with E-state index in [0.717, 1.165) is 11.3 Å². The van der Waals surface area contributed by atoms with Crippen molar-refractivity contribution in [1.29, 1.82) is 5.41 Å². The van der Waals surface area contributed by atoms with E-state index in [2.05, 4.69) is 15.4 Å². The third kappa shape index (κ3) is 4.73. The summed E-state index contributed by atoms with van der Waals surface area (Å²) < 4.78 is 0. The lowest BCUT2D eigenvalue weighted by molar-refractivity contribution is -0.147. The molecule has 0 unspecified atom stereocenters. The Hall–Kier alpha value is -3.03. The number of hydrogen-bond acceptors (Lipinski definition) is 6. The maximum absolute atomic E-state index is 11.8. The molecular formula is C15H16N4O4. The molecule has 1 aromatic carbocycles. The molecule has 0 bridgehead atoms. The van der Waals surface area contributed by atoms with Gasteiger partial charge in [-0.15, -0.1) is 0 Å². The van der Waals surface area contributed by atoms with Crippen LogP contribution in [-0.4, -0.2) is 29.2 Å². The van der Waals surface area contributed by atoms with Gasteiger partial charge in [0.05, 0.1) is 12.1 Å². The van der Waals surface area contributed by atoms with Crippen molar-refractivity contribution in [2.75, 3.05) is 0 Å². The summed E-state index contributed by atoms with van der Waals surface area (Å²) >= 11 is 0. The minimum atomic E-state index is -0.699. The Labute approximate surface area is 132 Å². The first kappa shape index (κ1) is 16.3. The minimum Gasteiger partial charge on any atom is -0.340 e. The molecule has 120 valence electrons. The summed E-state index contributed by atoms with van der Waals surface area (Å²) in [5.41, 5.74) is 6.45. The van der Waals surface area contributed by atoms with Gasteiger partial charge in [0, 0.05) is 24.1 Å².